The molecule has 2 fully saturated rings. The number of benzene rings is 1. The number of quaternary nitrogens is 1. The van der Waals surface area contributed by atoms with E-state index < -0.39 is 0 Å². The Kier molecular flexibility index (Phi) is 4.57. The normalized spacial score (nSPS) is 29.1. The van der Waals surface area contributed by atoms with Crippen LogP contribution in [0.25, 0.3) is 0 Å². The molecular weight excluding hydrogens is 276 g/mol. The zero-order valence-electron chi connectivity index (χ0n) is 13.3. The van der Waals surface area contributed by atoms with Crippen molar-refractivity contribution in [3.63, 3.8) is 0 Å². The predicted molar refractivity (Wildman–Crippen MR) is 84.4 cm³/mol. The van der Waals surface area contributed by atoms with Crippen molar-refractivity contribution < 1.29 is 14.5 Å². The van der Waals surface area contributed by atoms with E-state index in [9.17, 15) is 9.59 Å². The first-order chi connectivity index (χ1) is 10.6. The molecular formula is C18H25N2O2+. The van der Waals surface area contributed by atoms with Gasteiger partial charge < -0.3 is 4.90 Å². The first kappa shape index (κ1) is 15.2. The fourth-order valence-corrected chi connectivity index (χ4v) is 3.60. The molecule has 1 N–H and O–H groups in total. The molecule has 0 radical (unpaired) electrons. The topological polar surface area (TPSA) is 41.8 Å². The van der Waals surface area contributed by atoms with Gasteiger partial charge in [0.25, 0.3) is 5.91 Å². The first-order valence-electron chi connectivity index (χ1n) is 8.38. The number of likely N-dealkylation sites (tertiary alicyclic amines) is 2. The van der Waals surface area contributed by atoms with E-state index in [4.69, 9.17) is 0 Å². The van der Waals surface area contributed by atoms with E-state index in [1.54, 1.807) is 0 Å². The van der Waals surface area contributed by atoms with Crippen molar-refractivity contribution in [2.24, 2.45) is 5.92 Å². The molecule has 0 aromatic heterocycles. The number of carbonyl (C=O) groups excluding carboxylic acids is 2. The summed E-state index contributed by atoms with van der Waals surface area (Å²) in [5.74, 6) is 0.813. The maximum atomic E-state index is 12.6. The lowest BCUT2D eigenvalue weighted by Gasteiger charge is -2.30. The highest BCUT2D eigenvalue weighted by molar-refractivity contribution is 6.04. The molecule has 2 saturated heterocycles. The van der Waals surface area contributed by atoms with Crippen molar-refractivity contribution in [1.82, 2.24) is 4.90 Å². The zero-order valence-corrected chi connectivity index (χ0v) is 13.3. The second-order valence-corrected chi connectivity index (χ2v) is 6.72. The number of imide groups is 1. The molecule has 2 aliphatic heterocycles. The molecule has 2 aliphatic rings. The van der Waals surface area contributed by atoms with Crippen LogP contribution in [-0.2, 0) is 16.0 Å². The summed E-state index contributed by atoms with van der Waals surface area (Å²) >= 11 is 0. The molecule has 4 heteroatoms. The zero-order chi connectivity index (χ0) is 15.5. The van der Waals surface area contributed by atoms with Gasteiger partial charge in [0.05, 0.1) is 19.5 Å². The van der Waals surface area contributed by atoms with Gasteiger partial charge in [-0.2, -0.15) is 0 Å². The van der Waals surface area contributed by atoms with Crippen LogP contribution in [0.2, 0.25) is 0 Å². The summed E-state index contributed by atoms with van der Waals surface area (Å²) in [6.07, 6.45) is 3.48. The van der Waals surface area contributed by atoms with Crippen LogP contribution < -0.4 is 4.90 Å². The largest absolute Gasteiger partial charge is 0.324 e. The van der Waals surface area contributed by atoms with Crippen molar-refractivity contribution >= 4 is 11.8 Å². The monoisotopic (exact) mass is 301 g/mol. The quantitative estimate of drug-likeness (QED) is 0.831. The third-order valence-corrected chi connectivity index (χ3v) is 5.12. The molecule has 3 rings (SSSR count). The highest BCUT2D eigenvalue weighted by atomic mass is 16.2. The third-order valence-electron chi connectivity index (χ3n) is 5.12. The number of hydrogen-bond acceptors (Lipinski definition) is 2. The molecule has 1 unspecified atom stereocenters. The van der Waals surface area contributed by atoms with E-state index in [2.05, 4.69) is 6.92 Å². The van der Waals surface area contributed by atoms with Gasteiger partial charge in [-0.15, -0.1) is 0 Å². The average molecular weight is 301 g/mol. The fraction of sp³-hybridized carbons (Fsp3) is 0.556. The third kappa shape index (κ3) is 3.22. The second kappa shape index (κ2) is 6.61. The lowest BCUT2D eigenvalue weighted by atomic mass is 9.97. The number of nitrogens with one attached hydrogen (secondary N) is 1. The molecule has 2 amide bonds. The minimum atomic E-state index is -0.129. The van der Waals surface area contributed by atoms with Crippen LogP contribution in [-0.4, -0.2) is 42.4 Å². The maximum Gasteiger partial charge on any atom is 0.288 e. The minimum Gasteiger partial charge on any atom is -0.324 e. The van der Waals surface area contributed by atoms with E-state index in [1.165, 1.54) is 15.4 Å². The molecule has 4 nitrogen and oxygen atoms in total. The summed E-state index contributed by atoms with van der Waals surface area (Å²) < 4.78 is 0. The average Bonchev–Trinajstić information content (AvgIpc) is 2.82. The van der Waals surface area contributed by atoms with E-state index >= 15 is 0 Å². The number of rotatable bonds is 4. The Morgan fingerprint density at radius 1 is 1.14 bits per heavy atom. The molecule has 0 aliphatic carbocycles. The number of carbonyl (C=O) groups is 2. The van der Waals surface area contributed by atoms with E-state index in [-0.39, 0.29) is 17.9 Å². The van der Waals surface area contributed by atoms with E-state index in [0.29, 0.717) is 13.0 Å². The molecule has 1 aromatic carbocycles. The summed E-state index contributed by atoms with van der Waals surface area (Å²) in [4.78, 5) is 27.6. The molecule has 0 saturated carbocycles. The summed E-state index contributed by atoms with van der Waals surface area (Å²) in [5.41, 5.74) is 1.17. The molecule has 0 bridgehead atoms. The van der Waals surface area contributed by atoms with Gasteiger partial charge in [0, 0.05) is 6.54 Å². The van der Waals surface area contributed by atoms with Crippen LogP contribution >= 0.6 is 0 Å². The van der Waals surface area contributed by atoms with Crippen LogP contribution in [0, 0.1) is 5.92 Å². The summed E-state index contributed by atoms with van der Waals surface area (Å²) in [7, 11) is 0. The van der Waals surface area contributed by atoms with Crippen LogP contribution in [0.3, 0.4) is 0 Å². The van der Waals surface area contributed by atoms with Gasteiger partial charge in [-0.05, 0) is 30.7 Å². The number of piperidine rings is 1. The number of amides is 2. The second-order valence-electron chi connectivity index (χ2n) is 6.72. The molecule has 118 valence electrons. The Morgan fingerprint density at radius 2 is 1.82 bits per heavy atom. The molecule has 1 atom stereocenters. The predicted octanol–water partition coefficient (Wildman–Crippen LogP) is 0.671. The molecule has 22 heavy (non-hydrogen) atoms. The Bertz CT molecular complexity index is 535. The van der Waals surface area contributed by atoms with Crippen molar-refractivity contribution in [1.29, 1.82) is 0 Å². The van der Waals surface area contributed by atoms with Gasteiger partial charge in [0.1, 0.15) is 0 Å². The van der Waals surface area contributed by atoms with Gasteiger partial charge in [-0.1, -0.05) is 37.3 Å². The fourth-order valence-electron chi connectivity index (χ4n) is 3.60. The molecule has 0 spiro atoms. The van der Waals surface area contributed by atoms with Crippen molar-refractivity contribution in [2.75, 3.05) is 19.6 Å². The molecule has 2 heterocycles. The van der Waals surface area contributed by atoms with Gasteiger partial charge in [0.15, 0.2) is 6.04 Å². The highest BCUT2D eigenvalue weighted by Crippen LogP contribution is 2.15. The first-order valence-corrected chi connectivity index (χ1v) is 8.38. The maximum absolute atomic E-state index is 12.6. The van der Waals surface area contributed by atoms with Gasteiger partial charge in [-0.3, -0.25) is 14.5 Å². The van der Waals surface area contributed by atoms with Crippen molar-refractivity contribution in [3.05, 3.63) is 35.9 Å². The summed E-state index contributed by atoms with van der Waals surface area (Å²) in [6, 6.07) is 9.91. The summed E-state index contributed by atoms with van der Waals surface area (Å²) in [5, 5.41) is 0. The Hall–Kier alpha value is -1.68. The number of nitrogens with zero attached hydrogens (tertiary/aromatic N) is 1. The highest BCUT2D eigenvalue weighted by Gasteiger charge is 2.45. The summed E-state index contributed by atoms with van der Waals surface area (Å²) in [6.45, 7) is 4.83. The Balaban J connectivity index is 1.59. The Labute approximate surface area is 132 Å². The lowest BCUT2D eigenvalue weighted by Crippen LogP contribution is -3.17. The Morgan fingerprint density at radius 3 is 2.50 bits per heavy atom. The van der Waals surface area contributed by atoms with Crippen molar-refractivity contribution in [2.45, 2.75) is 38.6 Å². The van der Waals surface area contributed by atoms with Crippen LogP contribution in [0.4, 0.5) is 0 Å². The van der Waals surface area contributed by atoms with Crippen LogP contribution in [0.15, 0.2) is 30.3 Å². The minimum absolute atomic E-state index is 0.0112. The SMILES string of the molecule is CC1CC[NH+](C2CC(=O)N(CCc3ccccc3)C2=O)CC1. The van der Waals surface area contributed by atoms with E-state index in [1.807, 2.05) is 30.3 Å². The van der Waals surface area contributed by atoms with Crippen LogP contribution in [0.5, 0.6) is 0 Å². The number of hydrogen-bond donors (Lipinski definition) is 1. The van der Waals surface area contributed by atoms with Gasteiger partial charge in [0.2, 0.25) is 5.91 Å². The van der Waals surface area contributed by atoms with Crippen molar-refractivity contribution in [3.8, 4) is 0 Å². The molecule has 1 aromatic rings. The smallest absolute Gasteiger partial charge is 0.288 e. The van der Waals surface area contributed by atoms with Gasteiger partial charge in [-0.25, -0.2) is 0 Å². The van der Waals surface area contributed by atoms with Gasteiger partial charge >= 0.3 is 0 Å². The van der Waals surface area contributed by atoms with E-state index in [0.717, 1.165) is 38.3 Å². The lowest BCUT2D eigenvalue weighted by molar-refractivity contribution is -0.920. The standard InChI is InChI=1S/C18H24N2O2/c1-14-7-10-19(11-8-14)16-13-17(21)20(18(16)22)12-9-15-5-3-2-4-6-15/h2-6,14,16H,7-13H2,1H3/p+1. The van der Waals surface area contributed by atoms with Crippen LogP contribution in [0.1, 0.15) is 31.7 Å².